The molecule has 0 spiro atoms. The highest BCUT2D eigenvalue weighted by molar-refractivity contribution is 5.97. The van der Waals surface area contributed by atoms with Crippen molar-refractivity contribution in [3.63, 3.8) is 0 Å². The molecule has 0 unspecified atom stereocenters. The lowest BCUT2D eigenvalue weighted by molar-refractivity contribution is -0.137. The maximum atomic E-state index is 13.4. The minimum Gasteiger partial charge on any atom is -0.345 e. The molecule has 3 amide bonds. The molecular formula is C27H30F3N5O2. The molecule has 1 aliphatic heterocycles. The van der Waals surface area contributed by atoms with Crippen LogP contribution in [0.4, 0.5) is 18.0 Å². The Labute approximate surface area is 213 Å². The number of imidazole rings is 1. The zero-order valence-electron chi connectivity index (χ0n) is 21.2. The molecule has 2 N–H and O–H groups in total. The first-order chi connectivity index (χ1) is 17.3. The molecule has 196 valence electrons. The van der Waals surface area contributed by atoms with E-state index in [1.807, 2.05) is 27.8 Å². The van der Waals surface area contributed by atoms with Gasteiger partial charge in [-0.15, -0.1) is 0 Å². The molecular weight excluding hydrogens is 483 g/mol. The predicted molar refractivity (Wildman–Crippen MR) is 134 cm³/mol. The van der Waals surface area contributed by atoms with E-state index in [0.717, 1.165) is 17.7 Å². The Morgan fingerprint density at radius 3 is 2.49 bits per heavy atom. The van der Waals surface area contributed by atoms with Gasteiger partial charge in [0.25, 0.3) is 5.91 Å². The normalized spacial score (nSPS) is 13.8. The second-order valence-corrected chi connectivity index (χ2v) is 10.2. The van der Waals surface area contributed by atoms with E-state index >= 15 is 0 Å². The van der Waals surface area contributed by atoms with E-state index in [2.05, 4.69) is 15.6 Å². The van der Waals surface area contributed by atoms with E-state index in [4.69, 9.17) is 0 Å². The highest BCUT2D eigenvalue weighted by atomic mass is 19.4. The third kappa shape index (κ3) is 5.95. The number of hydrogen-bond acceptors (Lipinski definition) is 3. The van der Waals surface area contributed by atoms with E-state index in [1.165, 1.54) is 6.07 Å². The van der Waals surface area contributed by atoms with Crippen molar-refractivity contribution in [1.82, 2.24) is 25.1 Å². The summed E-state index contributed by atoms with van der Waals surface area (Å²) in [5.74, 6) is 0.335. The molecule has 2 heterocycles. The Morgan fingerprint density at radius 1 is 1.08 bits per heavy atom. The third-order valence-electron chi connectivity index (χ3n) is 6.25. The average Bonchev–Trinajstić information content (AvgIpc) is 3.24. The smallest absolute Gasteiger partial charge is 0.345 e. The van der Waals surface area contributed by atoms with Crippen LogP contribution in [0.15, 0.2) is 48.8 Å². The number of nitrogens with one attached hydrogen (secondary N) is 2. The van der Waals surface area contributed by atoms with Crippen molar-refractivity contribution in [2.75, 3.05) is 6.54 Å². The van der Waals surface area contributed by atoms with Crippen molar-refractivity contribution in [3.05, 3.63) is 76.9 Å². The van der Waals surface area contributed by atoms with Gasteiger partial charge in [0.2, 0.25) is 0 Å². The molecule has 0 saturated carbocycles. The van der Waals surface area contributed by atoms with Gasteiger partial charge in [0.1, 0.15) is 5.82 Å². The van der Waals surface area contributed by atoms with Gasteiger partial charge in [0.05, 0.1) is 12.1 Å². The zero-order chi connectivity index (χ0) is 27.0. The summed E-state index contributed by atoms with van der Waals surface area (Å²) in [4.78, 5) is 32.0. The summed E-state index contributed by atoms with van der Waals surface area (Å²) in [7, 11) is 1.83. The predicted octanol–water partition coefficient (Wildman–Crippen LogP) is 4.90. The average molecular weight is 514 g/mol. The van der Waals surface area contributed by atoms with E-state index in [1.54, 1.807) is 40.1 Å². The first-order valence-corrected chi connectivity index (χ1v) is 12.0. The molecule has 0 radical (unpaired) electrons. The van der Waals surface area contributed by atoms with Crippen molar-refractivity contribution in [1.29, 1.82) is 0 Å². The van der Waals surface area contributed by atoms with Crippen LogP contribution in [0.5, 0.6) is 0 Å². The number of amides is 3. The van der Waals surface area contributed by atoms with Crippen LogP contribution in [-0.2, 0) is 32.7 Å². The number of fused-ring (bicyclic) bond motifs is 1. The number of urea groups is 1. The van der Waals surface area contributed by atoms with Crippen molar-refractivity contribution >= 4 is 11.9 Å². The van der Waals surface area contributed by atoms with Gasteiger partial charge in [-0.05, 0) is 67.6 Å². The molecule has 37 heavy (non-hydrogen) atoms. The second-order valence-electron chi connectivity index (χ2n) is 10.2. The van der Waals surface area contributed by atoms with Gasteiger partial charge >= 0.3 is 12.2 Å². The van der Waals surface area contributed by atoms with Gasteiger partial charge in [-0.1, -0.05) is 18.2 Å². The van der Waals surface area contributed by atoms with Crippen molar-refractivity contribution in [3.8, 4) is 11.1 Å². The van der Waals surface area contributed by atoms with E-state index in [-0.39, 0.29) is 25.0 Å². The van der Waals surface area contributed by atoms with Crippen LogP contribution in [0, 0.1) is 0 Å². The molecule has 1 aliphatic rings. The fourth-order valence-corrected chi connectivity index (χ4v) is 4.42. The molecule has 0 atom stereocenters. The number of nitrogens with zero attached hydrogens (tertiary/aromatic N) is 3. The van der Waals surface area contributed by atoms with Crippen LogP contribution in [0.1, 0.15) is 53.6 Å². The molecule has 4 rings (SSSR count). The van der Waals surface area contributed by atoms with Gasteiger partial charge in [-0.3, -0.25) is 4.79 Å². The van der Waals surface area contributed by atoms with Crippen molar-refractivity contribution in [2.24, 2.45) is 7.05 Å². The van der Waals surface area contributed by atoms with Crippen LogP contribution < -0.4 is 10.6 Å². The molecule has 3 aromatic rings. The number of aryl methyl sites for hydroxylation is 1. The molecule has 0 fully saturated rings. The Hall–Kier alpha value is -3.82. The highest BCUT2D eigenvalue weighted by Gasteiger charge is 2.32. The van der Waals surface area contributed by atoms with E-state index in [0.29, 0.717) is 41.0 Å². The SMILES string of the molecule is Cn1ccnc1CNC(=O)c1ccc(-c2cccc(C(F)(F)F)c2)c2c1CN(C(=O)NC(C)(C)C)CC2. The fourth-order valence-electron chi connectivity index (χ4n) is 4.42. The summed E-state index contributed by atoms with van der Waals surface area (Å²) in [6, 6.07) is 8.21. The molecule has 10 heteroatoms. The summed E-state index contributed by atoms with van der Waals surface area (Å²) in [5, 5.41) is 5.81. The zero-order valence-corrected chi connectivity index (χ0v) is 21.2. The van der Waals surface area contributed by atoms with Crippen LogP contribution >= 0.6 is 0 Å². The van der Waals surface area contributed by atoms with Crippen molar-refractivity contribution in [2.45, 2.75) is 52.0 Å². The minimum absolute atomic E-state index is 0.162. The number of carbonyl (C=O) groups excluding carboxylic acids is 2. The highest BCUT2D eigenvalue weighted by Crippen LogP contribution is 2.36. The minimum atomic E-state index is -4.47. The number of alkyl halides is 3. The van der Waals surface area contributed by atoms with Gasteiger partial charge < -0.3 is 20.1 Å². The molecule has 0 aliphatic carbocycles. The molecule has 0 bridgehead atoms. The van der Waals surface area contributed by atoms with Gasteiger partial charge in [0.15, 0.2) is 0 Å². The number of aromatic nitrogens is 2. The quantitative estimate of drug-likeness (QED) is 0.521. The van der Waals surface area contributed by atoms with Gasteiger partial charge in [-0.2, -0.15) is 13.2 Å². The van der Waals surface area contributed by atoms with E-state index < -0.39 is 17.3 Å². The monoisotopic (exact) mass is 513 g/mol. The maximum Gasteiger partial charge on any atom is 0.416 e. The Balaban J connectivity index is 1.72. The van der Waals surface area contributed by atoms with Crippen molar-refractivity contribution < 1.29 is 22.8 Å². The summed E-state index contributed by atoms with van der Waals surface area (Å²) < 4.78 is 42.0. The lowest BCUT2D eigenvalue weighted by Crippen LogP contribution is -2.50. The standard InChI is InChI=1S/C27H30F3N5O2/c1-26(2,3)33-25(37)35-12-10-20-19(17-6-5-7-18(14-17)27(28,29)30)8-9-21(22(20)16-35)24(36)32-15-23-31-11-13-34(23)4/h5-9,11,13-14H,10,12,15-16H2,1-4H3,(H,32,36)(H,33,37). The molecule has 2 aromatic carbocycles. The first kappa shape index (κ1) is 26.2. The number of benzene rings is 2. The summed E-state index contributed by atoms with van der Waals surface area (Å²) >= 11 is 0. The van der Waals surface area contributed by atoms with Crippen LogP contribution in [0.2, 0.25) is 0 Å². The number of carbonyl (C=O) groups is 2. The van der Waals surface area contributed by atoms with Gasteiger partial charge in [-0.25, -0.2) is 9.78 Å². The number of halogens is 3. The Morgan fingerprint density at radius 2 is 1.84 bits per heavy atom. The second kappa shape index (κ2) is 9.91. The number of rotatable bonds is 4. The number of hydrogen-bond donors (Lipinski definition) is 2. The Kier molecular flexibility index (Phi) is 7.03. The fraction of sp³-hybridized carbons (Fsp3) is 0.370. The van der Waals surface area contributed by atoms with E-state index in [9.17, 15) is 22.8 Å². The van der Waals surface area contributed by atoms with Crippen LogP contribution in [0.3, 0.4) is 0 Å². The summed E-state index contributed by atoms with van der Waals surface area (Å²) in [6.45, 7) is 6.39. The summed E-state index contributed by atoms with van der Waals surface area (Å²) in [5.41, 5.74) is 1.63. The summed E-state index contributed by atoms with van der Waals surface area (Å²) in [6.07, 6.45) is -0.653. The lowest BCUT2D eigenvalue weighted by Gasteiger charge is -2.34. The van der Waals surface area contributed by atoms with Crippen LogP contribution in [-0.4, -0.2) is 38.5 Å². The third-order valence-corrected chi connectivity index (χ3v) is 6.25. The topological polar surface area (TPSA) is 79.3 Å². The largest absolute Gasteiger partial charge is 0.416 e. The first-order valence-electron chi connectivity index (χ1n) is 12.0. The Bertz CT molecular complexity index is 1320. The molecule has 1 aromatic heterocycles. The molecule has 0 saturated heterocycles. The maximum absolute atomic E-state index is 13.4. The lowest BCUT2D eigenvalue weighted by atomic mass is 9.87. The molecule has 7 nitrogen and oxygen atoms in total. The van der Waals surface area contributed by atoms with Gasteiger partial charge in [0, 0.05) is 43.6 Å². The van der Waals surface area contributed by atoms with Crippen LogP contribution in [0.25, 0.3) is 11.1 Å².